The smallest absolute Gasteiger partial charge is 0.150 e. The number of benzene rings is 3. The molecular formula is C25H23NO. The molecule has 0 spiro atoms. The third-order valence-corrected chi connectivity index (χ3v) is 5.51. The third-order valence-electron chi connectivity index (χ3n) is 5.51. The van der Waals surface area contributed by atoms with Crippen LogP contribution in [0.1, 0.15) is 43.1 Å². The average molecular weight is 353 g/mol. The highest BCUT2D eigenvalue weighted by Gasteiger charge is 2.35. The normalized spacial score (nSPS) is 19.2. The summed E-state index contributed by atoms with van der Waals surface area (Å²) in [5, 5.41) is 3.70. The molecule has 1 N–H and O–H groups in total. The van der Waals surface area contributed by atoms with Crippen LogP contribution >= 0.6 is 0 Å². The quantitative estimate of drug-likeness (QED) is 0.543. The molecule has 1 atom stereocenters. The highest BCUT2D eigenvalue weighted by atomic mass is 16.5. The molecule has 27 heavy (non-hydrogen) atoms. The van der Waals surface area contributed by atoms with Crippen LogP contribution in [0.5, 0.6) is 5.75 Å². The Bertz CT molecular complexity index is 1050. The molecule has 0 bridgehead atoms. The first-order chi connectivity index (χ1) is 13.0. The van der Waals surface area contributed by atoms with Crippen LogP contribution in [0.4, 0.5) is 5.69 Å². The lowest BCUT2D eigenvalue weighted by molar-refractivity contribution is 0.243. The summed E-state index contributed by atoms with van der Waals surface area (Å²) in [4.78, 5) is 0. The molecule has 2 heteroatoms. The topological polar surface area (TPSA) is 21.3 Å². The molecule has 0 saturated heterocycles. The van der Waals surface area contributed by atoms with Crippen molar-refractivity contribution < 1.29 is 4.74 Å². The summed E-state index contributed by atoms with van der Waals surface area (Å²) in [5.41, 5.74) is 8.34. The summed E-state index contributed by atoms with van der Waals surface area (Å²) in [6, 6.07) is 23.2. The molecular weight excluding hydrogens is 330 g/mol. The molecule has 2 aliphatic heterocycles. The summed E-state index contributed by atoms with van der Waals surface area (Å²) >= 11 is 0. The number of anilines is 1. The Hall–Kier alpha value is -3.00. The van der Waals surface area contributed by atoms with Gasteiger partial charge in [-0.25, -0.2) is 0 Å². The predicted octanol–water partition coefficient (Wildman–Crippen LogP) is 6.44. The average Bonchev–Trinajstić information content (AvgIpc) is 2.66. The van der Waals surface area contributed by atoms with Crippen molar-refractivity contribution in [3.8, 4) is 16.9 Å². The van der Waals surface area contributed by atoms with Crippen LogP contribution in [0.15, 0.2) is 73.3 Å². The zero-order chi connectivity index (χ0) is 18.6. The van der Waals surface area contributed by atoms with E-state index < -0.39 is 0 Å². The van der Waals surface area contributed by atoms with Gasteiger partial charge in [-0.15, -0.1) is 0 Å². The lowest BCUT2D eigenvalue weighted by Crippen LogP contribution is -2.35. The molecule has 5 rings (SSSR count). The molecule has 3 aromatic rings. The van der Waals surface area contributed by atoms with Gasteiger partial charge in [0.2, 0.25) is 0 Å². The van der Waals surface area contributed by atoms with E-state index in [4.69, 9.17) is 4.74 Å². The number of rotatable bonds is 1. The molecule has 0 aromatic heterocycles. The van der Waals surface area contributed by atoms with Gasteiger partial charge in [0.25, 0.3) is 0 Å². The number of hydrogen-bond acceptors (Lipinski definition) is 2. The molecule has 2 nitrogen and oxygen atoms in total. The van der Waals surface area contributed by atoms with Gasteiger partial charge in [-0.05, 0) is 49.1 Å². The van der Waals surface area contributed by atoms with Gasteiger partial charge in [-0.3, -0.25) is 0 Å². The fraction of sp³-hybridized carbons (Fsp3) is 0.200. The second-order valence-corrected chi connectivity index (χ2v) is 8.14. The van der Waals surface area contributed by atoms with Crippen LogP contribution in [-0.4, -0.2) is 5.54 Å². The van der Waals surface area contributed by atoms with Gasteiger partial charge in [0.1, 0.15) is 5.75 Å². The highest BCUT2D eigenvalue weighted by Crippen LogP contribution is 2.51. The van der Waals surface area contributed by atoms with Gasteiger partial charge in [0.05, 0.1) is 0 Å². The van der Waals surface area contributed by atoms with Gasteiger partial charge in [-0.1, -0.05) is 61.2 Å². The first kappa shape index (κ1) is 16.2. The molecule has 0 fully saturated rings. The van der Waals surface area contributed by atoms with Crippen LogP contribution in [0.3, 0.4) is 0 Å². The van der Waals surface area contributed by atoms with Crippen molar-refractivity contribution in [1.29, 1.82) is 0 Å². The van der Waals surface area contributed by atoms with Crippen LogP contribution in [0, 0.1) is 0 Å². The second kappa shape index (κ2) is 5.75. The van der Waals surface area contributed by atoms with Crippen LogP contribution in [0.25, 0.3) is 16.7 Å². The molecule has 0 radical (unpaired) electrons. The van der Waals surface area contributed by atoms with Crippen molar-refractivity contribution in [2.24, 2.45) is 0 Å². The molecule has 0 amide bonds. The summed E-state index contributed by atoms with van der Waals surface area (Å²) in [7, 11) is 0. The van der Waals surface area contributed by atoms with Crippen molar-refractivity contribution in [2.75, 3.05) is 5.32 Å². The maximum Gasteiger partial charge on any atom is 0.150 e. The number of para-hydroxylation sites is 1. The Labute approximate surface area is 160 Å². The van der Waals surface area contributed by atoms with Crippen LogP contribution in [0.2, 0.25) is 0 Å². The van der Waals surface area contributed by atoms with Gasteiger partial charge in [0.15, 0.2) is 6.10 Å². The van der Waals surface area contributed by atoms with E-state index in [-0.39, 0.29) is 11.6 Å². The first-order valence-electron chi connectivity index (χ1n) is 9.48. The molecule has 0 saturated carbocycles. The van der Waals surface area contributed by atoms with E-state index in [1.807, 2.05) is 12.1 Å². The zero-order valence-electron chi connectivity index (χ0n) is 15.8. The van der Waals surface area contributed by atoms with E-state index in [0.29, 0.717) is 0 Å². The minimum Gasteiger partial charge on any atom is -0.480 e. The van der Waals surface area contributed by atoms with E-state index in [1.54, 1.807) is 0 Å². The van der Waals surface area contributed by atoms with Crippen molar-refractivity contribution in [3.63, 3.8) is 0 Å². The Morgan fingerprint density at radius 1 is 0.926 bits per heavy atom. The number of ether oxygens (including phenoxy) is 1. The number of hydrogen-bond donors (Lipinski definition) is 1. The predicted molar refractivity (Wildman–Crippen MR) is 112 cm³/mol. The standard InChI is InChI=1S/C25H23NO/c1-16-15-25(2,3)26-20-14-13-19-18-11-7-8-12-21(18)27-24(23(19)22(16)20)17-9-5-4-6-10-17/h4-14,24,26H,1,15H2,2-3H3. The van der Waals surface area contributed by atoms with E-state index in [2.05, 4.69) is 80.3 Å². The fourth-order valence-corrected chi connectivity index (χ4v) is 4.48. The van der Waals surface area contributed by atoms with E-state index in [9.17, 15) is 0 Å². The maximum atomic E-state index is 6.54. The van der Waals surface area contributed by atoms with E-state index in [0.717, 1.165) is 23.4 Å². The monoisotopic (exact) mass is 353 g/mol. The highest BCUT2D eigenvalue weighted by molar-refractivity contribution is 5.89. The Balaban J connectivity index is 1.80. The summed E-state index contributed by atoms with van der Waals surface area (Å²) in [6.45, 7) is 8.89. The summed E-state index contributed by atoms with van der Waals surface area (Å²) < 4.78 is 6.54. The third kappa shape index (κ3) is 2.56. The Morgan fingerprint density at radius 3 is 2.48 bits per heavy atom. The summed E-state index contributed by atoms with van der Waals surface area (Å²) in [5.74, 6) is 0.938. The van der Waals surface area contributed by atoms with Crippen LogP contribution < -0.4 is 10.1 Å². The maximum absolute atomic E-state index is 6.54. The minimum absolute atomic E-state index is 0.00793. The van der Waals surface area contributed by atoms with Gasteiger partial charge in [0, 0.05) is 27.9 Å². The van der Waals surface area contributed by atoms with Gasteiger partial charge in [-0.2, -0.15) is 0 Å². The Kier molecular flexibility index (Phi) is 3.45. The molecule has 0 aliphatic carbocycles. The van der Waals surface area contributed by atoms with Crippen molar-refractivity contribution in [1.82, 2.24) is 0 Å². The molecule has 3 aromatic carbocycles. The van der Waals surface area contributed by atoms with Crippen molar-refractivity contribution in [2.45, 2.75) is 31.9 Å². The number of fused-ring (bicyclic) bond motifs is 5. The minimum atomic E-state index is -0.134. The lowest BCUT2D eigenvalue weighted by Gasteiger charge is -2.39. The Morgan fingerprint density at radius 2 is 1.67 bits per heavy atom. The largest absolute Gasteiger partial charge is 0.480 e. The molecule has 134 valence electrons. The van der Waals surface area contributed by atoms with Crippen molar-refractivity contribution >= 4 is 11.3 Å². The molecule has 1 unspecified atom stereocenters. The zero-order valence-corrected chi connectivity index (χ0v) is 15.8. The van der Waals surface area contributed by atoms with Crippen molar-refractivity contribution in [3.05, 3.63) is 90.0 Å². The van der Waals surface area contributed by atoms with Gasteiger partial charge < -0.3 is 10.1 Å². The second-order valence-electron chi connectivity index (χ2n) is 8.14. The van der Waals surface area contributed by atoms with Gasteiger partial charge >= 0.3 is 0 Å². The summed E-state index contributed by atoms with van der Waals surface area (Å²) in [6.07, 6.45) is 0.783. The van der Waals surface area contributed by atoms with E-state index in [1.165, 1.54) is 27.8 Å². The number of nitrogens with one attached hydrogen (secondary N) is 1. The molecule has 2 heterocycles. The van der Waals surface area contributed by atoms with Crippen LogP contribution in [-0.2, 0) is 0 Å². The fourth-order valence-electron chi connectivity index (χ4n) is 4.48. The first-order valence-corrected chi connectivity index (χ1v) is 9.48. The SMILES string of the molecule is C=C1CC(C)(C)Nc2ccc3c(c21)C(c1ccccc1)Oc1ccccc1-3. The lowest BCUT2D eigenvalue weighted by atomic mass is 9.78. The van der Waals surface area contributed by atoms with E-state index >= 15 is 0 Å². The molecule has 2 aliphatic rings.